The molecule has 1 aliphatic rings. The molecular weight excluding hydrogens is 270 g/mol. The molecule has 0 N–H and O–H groups in total. The van der Waals surface area contributed by atoms with Gasteiger partial charge in [0.25, 0.3) is 11.2 Å². The Bertz CT molecular complexity index is 733. The molecule has 1 aromatic heterocycles. The lowest BCUT2D eigenvalue weighted by Crippen LogP contribution is -2.29. The third-order valence-electron chi connectivity index (χ3n) is 4.02. The van der Waals surface area contributed by atoms with Crippen molar-refractivity contribution >= 4 is 16.6 Å². The molecule has 0 bridgehead atoms. The summed E-state index contributed by atoms with van der Waals surface area (Å²) in [5, 5.41) is 11.6. The number of nitro benzene ring substituents is 1. The van der Waals surface area contributed by atoms with E-state index in [4.69, 9.17) is 0 Å². The molecule has 0 spiro atoms. The van der Waals surface area contributed by atoms with Crippen molar-refractivity contribution in [2.75, 3.05) is 19.6 Å². The van der Waals surface area contributed by atoms with Gasteiger partial charge in [-0.05, 0) is 38.1 Å². The van der Waals surface area contributed by atoms with E-state index >= 15 is 0 Å². The maximum atomic E-state index is 12.1. The van der Waals surface area contributed by atoms with Crippen LogP contribution >= 0.6 is 0 Å². The molecule has 1 aromatic carbocycles. The second-order valence-corrected chi connectivity index (χ2v) is 5.37. The number of hydrogen-bond acceptors (Lipinski definition) is 4. The van der Waals surface area contributed by atoms with Crippen molar-refractivity contribution in [2.45, 2.75) is 19.4 Å². The largest absolute Gasteiger partial charge is 0.307 e. The Labute approximate surface area is 121 Å². The van der Waals surface area contributed by atoms with E-state index in [0.29, 0.717) is 6.54 Å². The number of pyridine rings is 1. The quantitative estimate of drug-likeness (QED) is 0.637. The van der Waals surface area contributed by atoms with Gasteiger partial charge in [-0.2, -0.15) is 0 Å². The van der Waals surface area contributed by atoms with Gasteiger partial charge in [-0.1, -0.05) is 0 Å². The molecule has 21 heavy (non-hydrogen) atoms. The molecule has 0 radical (unpaired) electrons. The zero-order chi connectivity index (χ0) is 14.8. The van der Waals surface area contributed by atoms with Crippen LogP contribution in [-0.4, -0.2) is 34.0 Å². The molecule has 1 saturated heterocycles. The molecule has 1 aliphatic heterocycles. The van der Waals surface area contributed by atoms with Crippen LogP contribution in [0, 0.1) is 10.1 Å². The minimum Gasteiger partial charge on any atom is -0.307 e. The van der Waals surface area contributed by atoms with Crippen LogP contribution in [0.2, 0.25) is 0 Å². The van der Waals surface area contributed by atoms with Gasteiger partial charge in [-0.15, -0.1) is 0 Å². The van der Waals surface area contributed by atoms with Crippen molar-refractivity contribution in [1.29, 1.82) is 0 Å². The summed E-state index contributed by atoms with van der Waals surface area (Å²) in [5.41, 5.74) is 0.745. The molecule has 6 nitrogen and oxygen atoms in total. The highest BCUT2D eigenvalue weighted by molar-refractivity contribution is 5.81. The van der Waals surface area contributed by atoms with Crippen LogP contribution in [-0.2, 0) is 6.54 Å². The first-order valence-corrected chi connectivity index (χ1v) is 7.15. The monoisotopic (exact) mass is 287 g/mol. The Morgan fingerprint density at radius 1 is 1.10 bits per heavy atom. The topological polar surface area (TPSA) is 68.4 Å². The van der Waals surface area contributed by atoms with Gasteiger partial charge < -0.3 is 9.47 Å². The first-order chi connectivity index (χ1) is 10.1. The van der Waals surface area contributed by atoms with Crippen LogP contribution in [0.25, 0.3) is 10.9 Å². The molecule has 0 amide bonds. The lowest BCUT2D eigenvalue weighted by Gasteiger charge is -2.16. The molecule has 0 unspecified atom stereocenters. The molecule has 1 fully saturated rings. The minimum absolute atomic E-state index is 0.0484. The zero-order valence-electron chi connectivity index (χ0n) is 11.7. The van der Waals surface area contributed by atoms with Crippen LogP contribution in [0.3, 0.4) is 0 Å². The van der Waals surface area contributed by atoms with Gasteiger partial charge in [0.15, 0.2) is 0 Å². The number of hydrogen-bond donors (Lipinski definition) is 0. The van der Waals surface area contributed by atoms with E-state index in [2.05, 4.69) is 4.90 Å². The average Bonchev–Trinajstić information content (AvgIpc) is 2.99. The number of benzene rings is 1. The molecule has 3 rings (SSSR count). The number of likely N-dealkylation sites (tertiary alicyclic amines) is 1. The molecule has 110 valence electrons. The zero-order valence-corrected chi connectivity index (χ0v) is 11.7. The van der Waals surface area contributed by atoms with Crippen LogP contribution in [0.15, 0.2) is 35.1 Å². The van der Waals surface area contributed by atoms with Gasteiger partial charge in [0, 0.05) is 36.7 Å². The number of non-ortho nitro benzene ring substituents is 1. The third kappa shape index (κ3) is 2.80. The van der Waals surface area contributed by atoms with Crippen molar-refractivity contribution in [2.24, 2.45) is 0 Å². The van der Waals surface area contributed by atoms with Gasteiger partial charge >= 0.3 is 0 Å². The van der Waals surface area contributed by atoms with Crippen LogP contribution < -0.4 is 5.56 Å². The second-order valence-electron chi connectivity index (χ2n) is 5.37. The van der Waals surface area contributed by atoms with E-state index < -0.39 is 4.92 Å². The van der Waals surface area contributed by atoms with E-state index in [0.717, 1.165) is 30.5 Å². The van der Waals surface area contributed by atoms with E-state index in [1.807, 2.05) is 0 Å². The molecule has 2 aromatic rings. The van der Waals surface area contributed by atoms with Crippen LogP contribution in [0.5, 0.6) is 0 Å². The molecule has 6 heteroatoms. The summed E-state index contributed by atoms with van der Waals surface area (Å²) in [4.78, 5) is 24.8. The van der Waals surface area contributed by atoms with Crippen molar-refractivity contribution < 1.29 is 4.92 Å². The Morgan fingerprint density at radius 3 is 2.57 bits per heavy atom. The summed E-state index contributed by atoms with van der Waals surface area (Å²) in [5.74, 6) is 0. The first-order valence-electron chi connectivity index (χ1n) is 7.15. The molecular formula is C15H17N3O3. The molecule has 0 aliphatic carbocycles. The maximum absolute atomic E-state index is 12.1. The summed E-state index contributed by atoms with van der Waals surface area (Å²) in [6, 6.07) is 7.77. The van der Waals surface area contributed by atoms with Crippen molar-refractivity contribution in [3.63, 3.8) is 0 Å². The number of fused-ring (bicyclic) bond motifs is 1. The van der Waals surface area contributed by atoms with Gasteiger partial charge in [0.1, 0.15) is 0 Å². The summed E-state index contributed by atoms with van der Waals surface area (Å²) in [6.45, 7) is 3.64. The minimum atomic E-state index is -0.418. The average molecular weight is 287 g/mol. The fraction of sp³-hybridized carbons (Fsp3) is 0.400. The highest BCUT2D eigenvalue weighted by Gasteiger charge is 2.13. The van der Waals surface area contributed by atoms with Crippen molar-refractivity contribution in [3.05, 3.63) is 50.8 Å². The summed E-state index contributed by atoms with van der Waals surface area (Å²) < 4.78 is 1.71. The summed E-state index contributed by atoms with van der Waals surface area (Å²) in [7, 11) is 0. The summed E-state index contributed by atoms with van der Waals surface area (Å²) in [6.07, 6.45) is 2.44. The second kappa shape index (κ2) is 5.65. The van der Waals surface area contributed by atoms with Crippen LogP contribution in [0.1, 0.15) is 12.8 Å². The van der Waals surface area contributed by atoms with E-state index in [1.165, 1.54) is 31.0 Å². The first kappa shape index (κ1) is 13.8. The Hall–Kier alpha value is -2.21. The maximum Gasteiger partial charge on any atom is 0.270 e. The van der Waals surface area contributed by atoms with Crippen LogP contribution in [0.4, 0.5) is 5.69 Å². The van der Waals surface area contributed by atoms with Crippen molar-refractivity contribution in [3.8, 4) is 0 Å². The Kier molecular flexibility index (Phi) is 3.70. The fourth-order valence-electron chi connectivity index (χ4n) is 2.88. The number of nitrogens with zero attached hydrogens (tertiary/aromatic N) is 3. The Morgan fingerprint density at radius 2 is 1.86 bits per heavy atom. The number of rotatable bonds is 4. The number of aromatic nitrogens is 1. The molecule has 0 atom stereocenters. The van der Waals surface area contributed by atoms with Gasteiger partial charge in [0.05, 0.1) is 10.4 Å². The molecule has 0 saturated carbocycles. The lowest BCUT2D eigenvalue weighted by atomic mass is 10.2. The lowest BCUT2D eigenvalue weighted by molar-refractivity contribution is -0.384. The van der Waals surface area contributed by atoms with Crippen molar-refractivity contribution in [1.82, 2.24) is 9.47 Å². The standard InChI is InChI=1S/C15H17N3O3/c19-15-6-3-12-11-13(18(20)21)4-5-14(12)17(15)10-9-16-7-1-2-8-16/h3-6,11H,1-2,7-10H2. The van der Waals surface area contributed by atoms with Gasteiger partial charge in [-0.25, -0.2) is 0 Å². The summed E-state index contributed by atoms with van der Waals surface area (Å²) >= 11 is 0. The van der Waals surface area contributed by atoms with E-state index in [-0.39, 0.29) is 11.2 Å². The predicted molar refractivity (Wildman–Crippen MR) is 80.5 cm³/mol. The third-order valence-corrected chi connectivity index (χ3v) is 4.02. The Balaban J connectivity index is 1.94. The van der Waals surface area contributed by atoms with E-state index in [9.17, 15) is 14.9 Å². The predicted octanol–water partition coefficient (Wildman–Crippen LogP) is 2.01. The van der Waals surface area contributed by atoms with Gasteiger partial charge in [-0.3, -0.25) is 14.9 Å². The highest BCUT2D eigenvalue weighted by Crippen LogP contribution is 2.19. The highest BCUT2D eigenvalue weighted by atomic mass is 16.6. The number of nitro groups is 1. The fourth-order valence-corrected chi connectivity index (χ4v) is 2.88. The molecule has 2 heterocycles. The van der Waals surface area contributed by atoms with E-state index in [1.54, 1.807) is 16.7 Å². The van der Waals surface area contributed by atoms with Gasteiger partial charge in [0.2, 0.25) is 0 Å². The SMILES string of the molecule is O=c1ccc2cc([N+](=O)[O-])ccc2n1CCN1CCCC1. The normalized spacial score (nSPS) is 15.6. The smallest absolute Gasteiger partial charge is 0.270 e.